The molecule has 16 heavy (non-hydrogen) atoms. The van der Waals surface area contributed by atoms with E-state index >= 15 is 0 Å². The van der Waals surface area contributed by atoms with Gasteiger partial charge in [-0.05, 0) is 31.5 Å². The summed E-state index contributed by atoms with van der Waals surface area (Å²) in [7, 11) is 0. The second-order valence-electron chi connectivity index (χ2n) is 3.29. The maximum absolute atomic E-state index is 11.7. The number of carbonyl (C=O) groups is 1. The first-order valence-electron chi connectivity index (χ1n) is 5.20. The van der Waals surface area contributed by atoms with Gasteiger partial charge in [-0.3, -0.25) is 4.79 Å². The fraction of sp³-hybridized carbons (Fsp3) is 0.417. The molecule has 0 saturated heterocycles. The molecule has 0 N–H and O–H groups in total. The van der Waals surface area contributed by atoms with Gasteiger partial charge in [0.1, 0.15) is 5.75 Å². The molecule has 0 aromatic heterocycles. The van der Waals surface area contributed by atoms with Crippen LogP contribution >= 0.6 is 23.2 Å². The highest BCUT2D eigenvalue weighted by Gasteiger charge is 2.10. The lowest BCUT2D eigenvalue weighted by molar-refractivity contribution is 0.0982. The third kappa shape index (κ3) is 3.69. The molecule has 0 bridgehead atoms. The van der Waals surface area contributed by atoms with Crippen LogP contribution in [0.15, 0.2) is 18.2 Å². The van der Waals surface area contributed by atoms with Crippen LogP contribution in [0.1, 0.15) is 30.1 Å². The normalized spacial score (nSPS) is 10.2. The van der Waals surface area contributed by atoms with E-state index < -0.39 is 0 Å². The fourth-order valence-corrected chi connectivity index (χ4v) is 1.75. The van der Waals surface area contributed by atoms with Gasteiger partial charge in [-0.25, -0.2) is 0 Å². The summed E-state index contributed by atoms with van der Waals surface area (Å²) in [6, 6.07) is 5.12. The Balaban J connectivity index is 2.77. The number of hydrogen-bond acceptors (Lipinski definition) is 2. The lowest BCUT2D eigenvalue weighted by Crippen LogP contribution is -2.01. The highest BCUT2D eigenvalue weighted by molar-refractivity contribution is 6.34. The minimum atomic E-state index is 0.0219. The standard InChI is InChI=1S/C12H14Cl2O2/c1-2-16-9-5-6-10(11(14)8-9)12(15)4-3-7-13/h5-6,8H,2-4,7H2,1H3. The highest BCUT2D eigenvalue weighted by atomic mass is 35.5. The van der Waals surface area contributed by atoms with Gasteiger partial charge in [0.05, 0.1) is 11.6 Å². The number of carbonyl (C=O) groups excluding carboxylic acids is 1. The molecule has 0 unspecified atom stereocenters. The van der Waals surface area contributed by atoms with Gasteiger partial charge in [-0.1, -0.05) is 11.6 Å². The van der Waals surface area contributed by atoms with Crippen LogP contribution in [0.5, 0.6) is 5.75 Å². The van der Waals surface area contributed by atoms with Gasteiger partial charge in [0.25, 0.3) is 0 Å². The van der Waals surface area contributed by atoms with Crippen molar-refractivity contribution in [3.8, 4) is 5.75 Å². The number of halogens is 2. The van der Waals surface area contributed by atoms with Crippen LogP contribution in [0, 0.1) is 0 Å². The largest absolute Gasteiger partial charge is 0.494 e. The quantitative estimate of drug-likeness (QED) is 0.572. The van der Waals surface area contributed by atoms with Crippen LogP contribution in [-0.4, -0.2) is 18.3 Å². The van der Waals surface area contributed by atoms with E-state index in [9.17, 15) is 4.79 Å². The maximum Gasteiger partial charge on any atom is 0.164 e. The smallest absolute Gasteiger partial charge is 0.164 e. The molecule has 0 spiro atoms. The number of ketones is 1. The summed E-state index contributed by atoms with van der Waals surface area (Å²) in [5.41, 5.74) is 0.537. The molecule has 1 aromatic rings. The molecular formula is C12H14Cl2O2. The Morgan fingerprint density at radius 1 is 1.44 bits per heavy atom. The van der Waals surface area contributed by atoms with Gasteiger partial charge in [-0.2, -0.15) is 0 Å². The number of ether oxygens (including phenoxy) is 1. The second-order valence-corrected chi connectivity index (χ2v) is 4.08. The third-order valence-corrected chi connectivity index (χ3v) is 2.67. The number of Topliss-reactive ketones (excluding diaryl/α,β-unsaturated/α-hetero) is 1. The lowest BCUT2D eigenvalue weighted by atomic mass is 10.1. The molecular weight excluding hydrogens is 247 g/mol. The minimum Gasteiger partial charge on any atom is -0.494 e. The van der Waals surface area contributed by atoms with Gasteiger partial charge >= 0.3 is 0 Å². The molecule has 1 rings (SSSR count). The predicted octanol–water partition coefficient (Wildman–Crippen LogP) is 3.94. The summed E-state index contributed by atoms with van der Waals surface area (Å²) in [4.78, 5) is 11.7. The first-order valence-corrected chi connectivity index (χ1v) is 6.11. The summed E-state index contributed by atoms with van der Waals surface area (Å²) in [5.74, 6) is 1.19. The Labute approximate surface area is 106 Å². The zero-order chi connectivity index (χ0) is 12.0. The average Bonchev–Trinajstić information content (AvgIpc) is 2.26. The van der Waals surface area contributed by atoms with Crippen LogP contribution < -0.4 is 4.74 Å². The molecule has 4 heteroatoms. The van der Waals surface area contributed by atoms with Gasteiger partial charge < -0.3 is 4.74 Å². The number of benzene rings is 1. The SMILES string of the molecule is CCOc1ccc(C(=O)CCCCl)c(Cl)c1. The highest BCUT2D eigenvalue weighted by Crippen LogP contribution is 2.24. The van der Waals surface area contributed by atoms with E-state index in [4.69, 9.17) is 27.9 Å². The first kappa shape index (κ1) is 13.3. The lowest BCUT2D eigenvalue weighted by Gasteiger charge is -2.06. The minimum absolute atomic E-state index is 0.0219. The fourth-order valence-electron chi connectivity index (χ4n) is 1.34. The van der Waals surface area contributed by atoms with E-state index in [1.54, 1.807) is 18.2 Å². The number of alkyl halides is 1. The zero-order valence-corrected chi connectivity index (χ0v) is 10.6. The van der Waals surface area contributed by atoms with Crippen molar-refractivity contribution >= 4 is 29.0 Å². The summed E-state index contributed by atoms with van der Waals surface area (Å²) in [6.45, 7) is 2.48. The molecule has 0 fully saturated rings. The number of hydrogen-bond donors (Lipinski definition) is 0. The van der Waals surface area contributed by atoms with Crippen LogP contribution in [0.4, 0.5) is 0 Å². The molecule has 0 saturated carbocycles. The average molecular weight is 261 g/mol. The molecule has 0 aliphatic carbocycles. The van der Waals surface area contributed by atoms with Crippen molar-refractivity contribution in [2.24, 2.45) is 0 Å². The van der Waals surface area contributed by atoms with E-state index in [-0.39, 0.29) is 5.78 Å². The Morgan fingerprint density at radius 2 is 2.19 bits per heavy atom. The second kappa shape index (κ2) is 6.77. The van der Waals surface area contributed by atoms with Crippen LogP contribution in [0.3, 0.4) is 0 Å². The van der Waals surface area contributed by atoms with E-state index in [0.29, 0.717) is 41.7 Å². The zero-order valence-electron chi connectivity index (χ0n) is 9.13. The molecule has 88 valence electrons. The van der Waals surface area contributed by atoms with Crippen LogP contribution in [-0.2, 0) is 0 Å². The monoisotopic (exact) mass is 260 g/mol. The summed E-state index contributed by atoms with van der Waals surface area (Å²) in [5, 5.41) is 0.436. The molecule has 1 aromatic carbocycles. The molecule has 0 heterocycles. The van der Waals surface area contributed by atoms with E-state index in [2.05, 4.69) is 0 Å². The Hall–Kier alpha value is -0.730. The van der Waals surface area contributed by atoms with E-state index in [0.717, 1.165) is 0 Å². The van der Waals surface area contributed by atoms with Gasteiger partial charge in [0.2, 0.25) is 0 Å². The van der Waals surface area contributed by atoms with E-state index in [1.165, 1.54) is 0 Å². The van der Waals surface area contributed by atoms with Crippen molar-refractivity contribution in [3.05, 3.63) is 28.8 Å². The first-order chi connectivity index (χ1) is 7.69. The molecule has 0 atom stereocenters. The maximum atomic E-state index is 11.7. The summed E-state index contributed by atoms with van der Waals surface area (Å²) in [6.07, 6.45) is 1.10. The van der Waals surface area contributed by atoms with Crippen molar-refractivity contribution in [1.82, 2.24) is 0 Å². The Bertz CT molecular complexity index is 364. The van der Waals surface area contributed by atoms with Gasteiger partial charge in [-0.15, -0.1) is 11.6 Å². The number of rotatable bonds is 6. The van der Waals surface area contributed by atoms with Crippen molar-refractivity contribution in [2.75, 3.05) is 12.5 Å². The van der Waals surface area contributed by atoms with Crippen molar-refractivity contribution in [3.63, 3.8) is 0 Å². The molecule has 0 aliphatic rings. The van der Waals surface area contributed by atoms with Crippen LogP contribution in [0.2, 0.25) is 5.02 Å². The van der Waals surface area contributed by atoms with Crippen molar-refractivity contribution in [1.29, 1.82) is 0 Å². The Kier molecular flexibility index (Phi) is 5.64. The van der Waals surface area contributed by atoms with Crippen molar-refractivity contribution in [2.45, 2.75) is 19.8 Å². The third-order valence-electron chi connectivity index (χ3n) is 2.09. The molecule has 2 nitrogen and oxygen atoms in total. The molecule has 0 aliphatic heterocycles. The van der Waals surface area contributed by atoms with Crippen LogP contribution in [0.25, 0.3) is 0 Å². The topological polar surface area (TPSA) is 26.3 Å². The van der Waals surface area contributed by atoms with E-state index in [1.807, 2.05) is 6.92 Å². The molecule has 0 amide bonds. The molecule has 0 radical (unpaired) electrons. The van der Waals surface area contributed by atoms with Gasteiger partial charge in [0.15, 0.2) is 5.78 Å². The van der Waals surface area contributed by atoms with Gasteiger partial charge in [0, 0.05) is 17.9 Å². The Morgan fingerprint density at radius 3 is 2.75 bits per heavy atom. The summed E-state index contributed by atoms with van der Waals surface area (Å²) >= 11 is 11.5. The van der Waals surface area contributed by atoms with Crippen molar-refractivity contribution < 1.29 is 9.53 Å². The summed E-state index contributed by atoms with van der Waals surface area (Å²) < 4.78 is 5.29. The predicted molar refractivity (Wildman–Crippen MR) is 66.9 cm³/mol.